The second kappa shape index (κ2) is 4.94. The van der Waals surface area contributed by atoms with Crippen molar-refractivity contribution in [2.24, 2.45) is 0 Å². The van der Waals surface area contributed by atoms with Crippen molar-refractivity contribution in [3.8, 4) is 0 Å². The zero-order valence-electron chi connectivity index (χ0n) is 11.2. The number of hydrogen-bond donors (Lipinski definition) is 2. The van der Waals surface area contributed by atoms with Gasteiger partial charge in [0.15, 0.2) is 0 Å². The maximum atomic E-state index is 10.7. The van der Waals surface area contributed by atoms with Gasteiger partial charge >= 0.3 is 0 Å². The first kappa shape index (κ1) is 12.6. The molecule has 0 radical (unpaired) electrons. The Morgan fingerprint density at radius 3 is 2.65 bits per heavy atom. The van der Waals surface area contributed by atoms with E-state index in [0.29, 0.717) is 11.4 Å². The Labute approximate surface area is 117 Å². The molecular weight excluding hydrogens is 248 g/mol. The van der Waals surface area contributed by atoms with E-state index >= 15 is 0 Å². The zero-order valence-corrected chi connectivity index (χ0v) is 11.2. The van der Waals surface area contributed by atoms with Gasteiger partial charge in [-0.1, -0.05) is 42.5 Å². The third kappa shape index (κ3) is 2.12. The van der Waals surface area contributed by atoms with Crippen molar-refractivity contribution < 1.29 is 5.11 Å². The van der Waals surface area contributed by atoms with Gasteiger partial charge in [-0.2, -0.15) is 0 Å². The van der Waals surface area contributed by atoms with E-state index < -0.39 is 6.10 Å². The molecule has 2 aromatic carbocycles. The largest absolute Gasteiger partial charge is 0.383 e. The summed E-state index contributed by atoms with van der Waals surface area (Å²) in [6, 6.07) is 15.8. The van der Waals surface area contributed by atoms with E-state index in [2.05, 4.69) is 4.98 Å². The van der Waals surface area contributed by atoms with Crippen LogP contribution in [0.1, 0.15) is 22.8 Å². The molecule has 3 aromatic rings. The van der Waals surface area contributed by atoms with Crippen LogP contribution in [0.3, 0.4) is 0 Å². The predicted octanol–water partition coefficient (Wildman–Crippen LogP) is 3.21. The summed E-state index contributed by atoms with van der Waals surface area (Å²) in [6.07, 6.45) is 0.933. The highest BCUT2D eigenvalue weighted by Gasteiger charge is 2.16. The fourth-order valence-corrected chi connectivity index (χ4v) is 2.48. The number of anilines is 1. The topological polar surface area (TPSA) is 59.1 Å². The zero-order chi connectivity index (χ0) is 14.1. The van der Waals surface area contributed by atoms with Crippen molar-refractivity contribution in [3.05, 3.63) is 71.4 Å². The molecule has 0 saturated carbocycles. The van der Waals surface area contributed by atoms with Gasteiger partial charge in [0.2, 0.25) is 0 Å². The SMILES string of the molecule is Cc1cnc(N)c(C(O)c2cccc3ccccc23)c1. The number of aliphatic hydroxyl groups excluding tert-OH is 1. The summed E-state index contributed by atoms with van der Waals surface area (Å²) in [5.74, 6) is 0.371. The molecule has 0 aliphatic rings. The maximum Gasteiger partial charge on any atom is 0.129 e. The molecule has 3 nitrogen and oxygen atoms in total. The standard InChI is InChI=1S/C17H16N2O/c1-11-9-15(17(18)19-10-11)16(20)14-8-4-6-12-5-2-3-7-13(12)14/h2-10,16,20H,1H3,(H2,18,19). The monoisotopic (exact) mass is 264 g/mol. The van der Waals surface area contributed by atoms with Crippen molar-refractivity contribution in [2.75, 3.05) is 5.73 Å². The Bertz CT molecular complexity index is 763. The minimum Gasteiger partial charge on any atom is -0.383 e. The number of nitrogens with two attached hydrogens (primary N) is 1. The first-order chi connectivity index (χ1) is 9.66. The second-order valence-corrected chi connectivity index (χ2v) is 4.96. The van der Waals surface area contributed by atoms with Crippen LogP contribution in [0.4, 0.5) is 5.82 Å². The predicted molar refractivity (Wildman–Crippen MR) is 81.4 cm³/mol. The number of aryl methyl sites for hydroxylation is 1. The molecule has 20 heavy (non-hydrogen) atoms. The van der Waals surface area contributed by atoms with Crippen molar-refractivity contribution in [2.45, 2.75) is 13.0 Å². The van der Waals surface area contributed by atoms with Crippen LogP contribution in [0.15, 0.2) is 54.7 Å². The molecule has 0 aliphatic carbocycles. The highest BCUT2D eigenvalue weighted by molar-refractivity contribution is 5.86. The Morgan fingerprint density at radius 1 is 1.05 bits per heavy atom. The highest BCUT2D eigenvalue weighted by atomic mass is 16.3. The van der Waals surface area contributed by atoms with Gasteiger partial charge < -0.3 is 10.8 Å². The molecule has 3 N–H and O–H groups in total. The minimum absolute atomic E-state index is 0.371. The summed E-state index contributed by atoms with van der Waals surface area (Å²) in [7, 11) is 0. The summed E-state index contributed by atoms with van der Waals surface area (Å²) in [4.78, 5) is 4.12. The van der Waals surface area contributed by atoms with E-state index in [9.17, 15) is 5.11 Å². The van der Waals surface area contributed by atoms with Gasteiger partial charge in [0, 0.05) is 11.8 Å². The molecule has 1 aromatic heterocycles. The average molecular weight is 264 g/mol. The molecule has 0 saturated heterocycles. The van der Waals surface area contributed by atoms with Crippen molar-refractivity contribution in [3.63, 3.8) is 0 Å². The molecule has 1 atom stereocenters. The summed E-state index contributed by atoms with van der Waals surface area (Å²) in [6.45, 7) is 1.94. The lowest BCUT2D eigenvalue weighted by atomic mass is 9.95. The van der Waals surface area contributed by atoms with Gasteiger partial charge in [-0.25, -0.2) is 4.98 Å². The molecule has 0 aliphatic heterocycles. The van der Waals surface area contributed by atoms with E-state index in [1.165, 1.54) is 0 Å². The van der Waals surface area contributed by atoms with Crippen molar-refractivity contribution in [1.82, 2.24) is 4.98 Å². The number of fused-ring (bicyclic) bond motifs is 1. The normalized spacial score (nSPS) is 12.5. The van der Waals surface area contributed by atoms with Gasteiger partial charge in [0.05, 0.1) is 0 Å². The number of benzene rings is 2. The van der Waals surface area contributed by atoms with Gasteiger partial charge in [-0.3, -0.25) is 0 Å². The van der Waals surface area contributed by atoms with Crippen LogP contribution in [0.25, 0.3) is 10.8 Å². The summed E-state index contributed by atoms with van der Waals surface area (Å²) in [5, 5.41) is 12.8. The van der Waals surface area contributed by atoms with Crippen LogP contribution in [0.5, 0.6) is 0 Å². The molecule has 0 fully saturated rings. The molecule has 0 amide bonds. The molecule has 3 heteroatoms. The van der Waals surface area contributed by atoms with Gasteiger partial charge in [0.25, 0.3) is 0 Å². The Kier molecular flexibility index (Phi) is 3.12. The van der Waals surface area contributed by atoms with E-state index in [1.807, 2.05) is 55.5 Å². The van der Waals surface area contributed by atoms with Crippen LogP contribution >= 0.6 is 0 Å². The summed E-state index contributed by atoms with van der Waals surface area (Å²) in [5.41, 5.74) is 8.38. The fourth-order valence-electron chi connectivity index (χ4n) is 2.48. The van der Waals surface area contributed by atoms with E-state index in [1.54, 1.807) is 6.20 Å². The Hall–Kier alpha value is -2.39. The molecule has 1 heterocycles. The van der Waals surface area contributed by atoms with E-state index in [-0.39, 0.29) is 0 Å². The van der Waals surface area contributed by atoms with E-state index in [4.69, 9.17) is 5.73 Å². The summed E-state index contributed by atoms with van der Waals surface area (Å²) >= 11 is 0. The quantitative estimate of drug-likeness (QED) is 0.747. The van der Waals surface area contributed by atoms with Crippen LogP contribution in [-0.4, -0.2) is 10.1 Å². The number of aliphatic hydroxyl groups is 1. The molecular formula is C17H16N2O. The lowest BCUT2D eigenvalue weighted by molar-refractivity contribution is 0.222. The van der Waals surface area contributed by atoms with Crippen LogP contribution < -0.4 is 5.73 Å². The maximum absolute atomic E-state index is 10.7. The summed E-state index contributed by atoms with van der Waals surface area (Å²) < 4.78 is 0. The number of pyridine rings is 1. The number of nitrogen functional groups attached to an aromatic ring is 1. The second-order valence-electron chi connectivity index (χ2n) is 4.96. The Balaban J connectivity index is 2.17. The lowest BCUT2D eigenvalue weighted by Gasteiger charge is -2.16. The van der Waals surface area contributed by atoms with Crippen LogP contribution in [0.2, 0.25) is 0 Å². The Morgan fingerprint density at radius 2 is 1.80 bits per heavy atom. The molecule has 1 unspecified atom stereocenters. The van der Waals surface area contributed by atoms with Gasteiger partial charge in [0.1, 0.15) is 11.9 Å². The third-order valence-electron chi connectivity index (χ3n) is 3.50. The fraction of sp³-hybridized carbons (Fsp3) is 0.118. The first-order valence-corrected chi connectivity index (χ1v) is 6.54. The molecule has 0 spiro atoms. The molecule has 3 rings (SSSR count). The first-order valence-electron chi connectivity index (χ1n) is 6.54. The molecule has 100 valence electrons. The number of hydrogen-bond acceptors (Lipinski definition) is 3. The smallest absolute Gasteiger partial charge is 0.129 e. The van der Waals surface area contributed by atoms with Gasteiger partial charge in [-0.05, 0) is 34.9 Å². The van der Waals surface area contributed by atoms with Crippen molar-refractivity contribution in [1.29, 1.82) is 0 Å². The van der Waals surface area contributed by atoms with Crippen LogP contribution in [0, 0.1) is 6.92 Å². The van der Waals surface area contributed by atoms with Crippen molar-refractivity contribution >= 4 is 16.6 Å². The third-order valence-corrected chi connectivity index (χ3v) is 3.50. The van der Waals surface area contributed by atoms with Gasteiger partial charge in [-0.15, -0.1) is 0 Å². The lowest BCUT2D eigenvalue weighted by Crippen LogP contribution is -2.06. The van der Waals surface area contributed by atoms with Crippen LogP contribution in [-0.2, 0) is 0 Å². The minimum atomic E-state index is -0.770. The highest BCUT2D eigenvalue weighted by Crippen LogP contribution is 2.31. The number of rotatable bonds is 2. The molecule has 0 bridgehead atoms. The number of aromatic nitrogens is 1. The number of nitrogens with zero attached hydrogens (tertiary/aromatic N) is 1. The average Bonchev–Trinajstić information content (AvgIpc) is 2.48. The van der Waals surface area contributed by atoms with E-state index in [0.717, 1.165) is 21.9 Å².